The molecule has 0 saturated carbocycles. The second kappa shape index (κ2) is 11.3. The van der Waals surface area contributed by atoms with Gasteiger partial charge in [-0.15, -0.1) is 0 Å². The number of aliphatic hydroxyl groups is 1. The fourth-order valence-corrected chi connectivity index (χ4v) is 1.89. The van der Waals surface area contributed by atoms with Crippen molar-refractivity contribution in [3.8, 4) is 0 Å². The highest BCUT2D eigenvalue weighted by Crippen LogP contribution is 1.97. The summed E-state index contributed by atoms with van der Waals surface area (Å²) in [6.07, 6.45) is -0.571. The van der Waals surface area contributed by atoms with Crippen LogP contribution in [0.4, 0.5) is 0 Å². The molecule has 12 nitrogen and oxygen atoms in total. The number of carbonyl (C=O) groups is 5. The Bertz CT molecular complexity index is 557. The third kappa shape index (κ3) is 8.13. The molecule has 0 aromatic heterocycles. The summed E-state index contributed by atoms with van der Waals surface area (Å²) in [5.41, 5.74) is 10.4. The predicted octanol–water partition coefficient (Wildman–Crippen LogP) is -4.33. The standard InChI is InChI=1S/C13H23N5O7S/c1-5(14)10(21)16-6(2-9(15)20)11(22)17-7(3-19)12(23)18-8(4-26)13(24)25/h5-8,19,26H,2-4,14H2,1H3,(H2,15,20)(H,16,21)(H,17,22)(H,18,23)(H,24,25). The molecule has 26 heavy (non-hydrogen) atoms. The molecule has 148 valence electrons. The van der Waals surface area contributed by atoms with Gasteiger partial charge in [0.15, 0.2) is 0 Å². The van der Waals surface area contributed by atoms with Gasteiger partial charge >= 0.3 is 5.97 Å². The molecule has 9 N–H and O–H groups in total. The number of thiol groups is 1. The first kappa shape index (κ1) is 23.6. The van der Waals surface area contributed by atoms with Crippen LogP contribution in [-0.2, 0) is 24.0 Å². The maximum atomic E-state index is 12.2. The fourth-order valence-electron chi connectivity index (χ4n) is 1.64. The van der Waals surface area contributed by atoms with Crippen molar-refractivity contribution in [2.75, 3.05) is 12.4 Å². The third-order valence-electron chi connectivity index (χ3n) is 3.06. The van der Waals surface area contributed by atoms with Gasteiger partial charge in [0.2, 0.25) is 23.6 Å². The monoisotopic (exact) mass is 393 g/mol. The number of nitrogens with one attached hydrogen (secondary N) is 3. The van der Waals surface area contributed by atoms with Crippen LogP contribution in [0.1, 0.15) is 13.3 Å². The van der Waals surface area contributed by atoms with Gasteiger partial charge in [0.1, 0.15) is 18.1 Å². The van der Waals surface area contributed by atoms with Crippen LogP contribution in [0.15, 0.2) is 0 Å². The number of carboxylic acids is 1. The first-order chi connectivity index (χ1) is 12.0. The number of hydrogen-bond donors (Lipinski definition) is 8. The molecule has 0 aliphatic rings. The molecule has 0 aliphatic heterocycles. The largest absolute Gasteiger partial charge is 0.480 e. The van der Waals surface area contributed by atoms with Crippen molar-refractivity contribution in [3.63, 3.8) is 0 Å². The minimum Gasteiger partial charge on any atom is -0.480 e. The van der Waals surface area contributed by atoms with Gasteiger partial charge in [0.05, 0.1) is 19.1 Å². The molecular formula is C13H23N5O7S. The lowest BCUT2D eigenvalue weighted by Gasteiger charge is -2.23. The molecule has 0 aromatic rings. The van der Waals surface area contributed by atoms with Gasteiger partial charge < -0.3 is 37.6 Å². The van der Waals surface area contributed by atoms with E-state index in [4.69, 9.17) is 16.6 Å². The SMILES string of the molecule is CC(N)C(=O)NC(CC(N)=O)C(=O)NC(CO)C(=O)NC(CS)C(=O)O. The van der Waals surface area contributed by atoms with Crippen LogP contribution in [0.2, 0.25) is 0 Å². The van der Waals surface area contributed by atoms with E-state index in [-0.39, 0.29) is 5.75 Å². The molecule has 0 saturated heterocycles. The Kier molecular flexibility index (Phi) is 10.2. The highest BCUT2D eigenvalue weighted by atomic mass is 32.1. The second-order valence-electron chi connectivity index (χ2n) is 5.35. The lowest BCUT2D eigenvalue weighted by atomic mass is 10.1. The quantitative estimate of drug-likeness (QED) is 0.160. The molecule has 0 fully saturated rings. The van der Waals surface area contributed by atoms with E-state index in [0.29, 0.717) is 0 Å². The molecule has 0 aromatic carbocycles. The van der Waals surface area contributed by atoms with Crippen molar-refractivity contribution in [1.29, 1.82) is 0 Å². The van der Waals surface area contributed by atoms with E-state index in [1.165, 1.54) is 6.92 Å². The number of nitrogens with two attached hydrogens (primary N) is 2. The fraction of sp³-hybridized carbons (Fsp3) is 0.615. The summed E-state index contributed by atoms with van der Waals surface area (Å²) in [6.45, 7) is 0.489. The molecule has 0 spiro atoms. The van der Waals surface area contributed by atoms with Crippen LogP contribution in [0.25, 0.3) is 0 Å². The summed E-state index contributed by atoms with van der Waals surface area (Å²) in [7, 11) is 0. The molecule has 4 atom stereocenters. The number of aliphatic carboxylic acids is 1. The molecular weight excluding hydrogens is 370 g/mol. The lowest BCUT2D eigenvalue weighted by molar-refractivity contribution is -0.142. The van der Waals surface area contributed by atoms with Crippen LogP contribution in [0, 0.1) is 0 Å². The molecule has 4 amide bonds. The summed E-state index contributed by atoms with van der Waals surface area (Å²) < 4.78 is 0. The van der Waals surface area contributed by atoms with Crippen LogP contribution < -0.4 is 27.4 Å². The number of primary amides is 1. The van der Waals surface area contributed by atoms with Gasteiger partial charge in [-0.1, -0.05) is 0 Å². The summed E-state index contributed by atoms with van der Waals surface area (Å²) in [5.74, 6) is -5.18. The maximum absolute atomic E-state index is 12.2. The topological polar surface area (TPSA) is 214 Å². The normalized spacial score (nSPS) is 15.1. The van der Waals surface area contributed by atoms with E-state index in [2.05, 4.69) is 28.6 Å². The van der Waals surface area contributed by atoms with Crippen molar-refractivity contribution in [2.24, 2.45) is 11.5 Å². The summed E-state index contributed by atoms with van der Waals surface area (Å²) >= 11 is 3.77. The van der Waals surface area contributed by atoms with Gasteiger partial charge in [-0.05, 0) is 6.92 Å². The molecule has 0 bridgehead atoms. The zero-order valence-corrected chi connectivity index (χ0v) is 14.9. The molecule has 0 heterocycles. The number of hydrogen-bond acceptors (Lipinski definition) is 8. The highest BCUT2D eigenvalue weighted by Gasteiger charge is 2.30. The molecule has 0 aliphatic carbocycles. The average Bonchev–Trinajstić information content (AvgIpc) is 2.55. The lowest BCUT2D eigenvalue weighted by Crippen LogP contribution is -2.58. The van der Waals surface area contributed by atoms with Crippen LogP contribution in [0.5, 0.6) is 0 Å². The number of amides is 4. The smallest absolute Gasteiger partial charge is 0.327 e. The molecule has 0 rings (SSSR count). The van der Waals surface area contributed by atoms with Crippen LogP contribution >= 0.6 is 12.6 Å². The van der Waals surface area contributed by atoms with Crippen molar-refractivity contribution in [1.82, 2.24) is 16.0 Å². The third-order valence-corrected chi connectivity index (χ3v) is 3.43. The summed E-state index contributed by atoms with van der Waals surface area (Å²) in [4.78, 5) is 57.8. The van der Waals surface area contributed by atoms with Crippen molar-refractivity contribution in [3.05, 3.63) is 0 Å². The molecule has 0 radical (unpaired) electrons. The van der Waals surface area contributed by atoms with Gasteiger partial charge in [-0.3, -0.25) is 19.2 Å². The van der Waals surface area contributed by atoms with E-state index < -0.39 is 66.8 Å². The van der Waals surface area contributed by atoms with Gasteiger partial charge in [0.25, 0.3) is 0 Å². The average molecular weight is 393 g/mol. The Morgan fingerprint density at radius 1 is 0.962 bits per heavy atom. The van der Waals surface area contributed by atoms with Crippen molar-refractivity contribution in [2.45, 2.75) is 37.5 Å². The van der Waals surface area contributed by atoms with Crippen LogP contribution in [-0.4, -0.2) is 76.3 Å². The van der Waals surface area contributed by atoms with Gasteiger partial charge in [-0.25, -0.2) is 4.79 Å². The Hall–Kier alpha value is -2.38. The van der Waals surface area contributed by atoms with Crippen molar-refractivity contribution < 1.29 is 34.2 Å². The van der Waals surface area contributed by atoms with E-state index >= 15 is 0 Å². The highest BCUT2D eigenvalue weighted by molar-refractivity contribution is 7.80. The number of carboxylic acid groups (broad SMARTS) is 1. The van der Waals surface area contributed by atoms with E-state index in [0.717, 1.165) is 0 Å². The number of rotatable bonds is 11. The maximum Gasteiger partial charge on any atom is 0.327 e. The Balaban J connectivity index is 5.09. The summed E-state index contributed by atoms with van der Waals surface area (Å²) in [6, 6.07) is -5.25. The van der Waals surface area contributed by atoms with E-state index in [9.17, 15) is 29.1 Å². The number of carbonyl (C=O) groups excluding carboxylic acids is 4. The Morgan fingerprint density at radius 2 is 1.42 bits per heavy atom. The minimum atomic E-state index is -1.52. The Labute approximate surface area is 154 Å². The van der Waals surface area contributed by atoms with Crippen LogP contribution in [0.3, 0.4) is 0 Å². The van der Waals surface area contributed by atoms with Gasteiger partial charge in [-0.2, -0.15) is 12.6 Å². The zero-order valence-electron chi connectivity index (χ0n) is 14.0. The second-order valence-corrected chi connectivity index (χ2v) is 5.71. The molecule has 4 unspecified atom stereocenters. The zero-order chi connectivity index (χ0) is 20.4. The van der Waals surface area contributed by atoms with Crippen molar-refractivity contribution >= 4 is 42.2 Å². The summed E-state index contributed by atoms with van der Waals surface area (Å²) in [5, 5.41) is 24.5. The predicted molar refractivity (Wildman–Crippen MR) is 91.8 cm³/mol. The van der Waals surface area contributed by atoms with E-state index in [1.54, 1.807) is 0 Å². The van der Waals surface area contributed by atoms with Gasteiger partial charge in [0, 0.05) is 5.75 Å². The first-order valence-electron chi connectivity index (χ1n) is 7.43. The Morgan fingerprint density at radius 3 is 1.81 bits per heavy atom. The minimum absolute atomic E-state index is 0.220. The number of aliphatic hydroxyl groups excluding tert-OH is 1. The van der Waals surface area contributed by atoms with E-state index in [1.807, 2.05) is 0 Å². The first-order valence-corrected chi connectivity index (χ1v) is 8.06. The molecule has 13 heteroatoms.